The van der Waals surface area contributed by atoms with Gasteiger partial charge in [-0.15, -0.1) is 0 Å². The van der Waals surface area contributed by atoms with E-state index in [1.54, 1.807) is 13.0 Å². The van der Waals surface area contributed by atoms with Gasteiger partial charge in [0.2, 0.25) is 5.91 Å². The minimum Gasteiger partial charge on any atom is -0.381 e. The van der Waals surface area contributed by atoms with Crippen LogP contribution >= 0.6 is 15.9 Å². The highest BCUT2D eigenvalue weighted by atomic mass is 79.9. The van der Waals surface area contributed by atoms with Crippen molar-refractivity contribution >= 4 is 27.5 Å². The molecule has 3 nitrogen and oxygen atoms in total. The molecule has 0 bridgehead atoms. The van der Waals surface area contributed by atoms with Gasteiger partial charge in [-0.25, -0.2) is 4.39 Å². The third-order valence-electron chi connectivity index (χ3n) is 2.83. The van der Waals surface area contributed by atoms with Crippen LogP contribution in [0, 0.1) is 18.7 Å². The van der Waals surface area contributed by atoms with Crippen molar-refractivity contribution in [2.75, 3.05) is 18.5 Å². The standard InChI is InChI=1S/C12H13BrFNO2/c1-7-4-10(14)9(13)5-11(7)15-12(16)8-2-3-17-6-8/h4-5,8H,2-3,6H2,1H3,(H,15,16). The molecule has 1 aliphatic heterocycles. The van der Waals surface area contributed by atoms with Crippen molar-refractivity contribution in [3.05, 3.63) is 28.0 Å². The van der Waals surface area contributed by atoms with Crippen LogP contribution in [0.1, 0.15) is 12.0 Å². The highest BCUT2D eigenvalue weighted by Gasteiger charge is 2.24. The van der Waals surface area contributed by atoms with E-state index in [4.69, 9.17) is 4.74 Å². The van der Waals surface area contributed by atoms with Crippen molar-refractivity contribution in [2.45, 2.75) is 13.3 Å². The van der Waals surface area contributed by atoms with Crippen LogP contribution in [0.2, 0.25) is 0 Å². The molecule has 1 heterocycles. The zero-order valence-corrected chi connectivity index (χ0v) is 11.0. The molecule has 5 heteroatoms. The third kappa shape index (κ3) is 2.84. The highest BCUT2D eigenvalue weighted by Crippen LogP contribution is 2.25. The Kier molecular flexibility index (Phi) is 3.79. The van der Waals surface area contributed by atoms with E-state index < -0.39 is 0 Å². The lowest BCUT2D eigenvalue weighted by molar-refractivity contribution is -0.119. The molecule has 0 radical (unpaired) electrons. The summed E-state index contributed by atoms with van der Waals surface area (Å²) in [6, 6.07) is 2.98. The molecule has 0 spiro atoms. The Morgan fingerprint density at radius 3 is 3.00 bits per heavy atom. The summed E-state index contributed by atoms with van der Waals surface area (Å²) in [4.78, 5) is 11.9. The number of anilines is 1. The summed E-state index contributed by atoms with van der Waals surface area (Å²) in [7, 11) is 0. The van der Waals surface area contributed by atoms with Gasteiger partial charge in [0.1, 0.15) is 5.82 Å². The lowest BCUT2D eigenvalue weighted by Crippen LogP contribution is -2.23. The minimum absolute atomic E-state index is 0.0656. The second kappa shape index (κ2) is 5.14. The number of rotatable bonds is 2. The average molecular weight is 302 g/mol. The molecule has 0 saturated carbocycles. The largest absolute Gasteiger partial charge is 0.381 e. The van der Waals surface area contributed by atoms with Gasteiger partial charge in [0, 0.05) is 12.3 Å². The zero-order chi connectivity index (χ0) is 12.4. The maximum Gasteiger partial charge on any atom is 0.229 e. The second-order valence-electron chi connectivity index (χ2n) is 4.13. The third-order valence-corrected chi connectivity index (χ3v) is 3.43. The number of ether oxygens (including phenoxy) is 1. The number of hydrogen-bond donors (Lipinski definition) is 1. The van der Waals surface area contributed by atoms with Gasteiger partial charge in [-0.3, -0.25) is 4.79 Å². The molecule has 1 atom stereocenters. The first-order valence-electron chi connectivity index (χ1n) is 5.42. The first kappa shape index (κ1) is 12.5. The summed E-state index contributed by atoms with van der Waals surface area (Å²) >= 11 is 3.10. The summed E-state index contributed by atoms with van der Waals surface area (Å²) in [5.41, 5.74) is 1.34. The van der Waals surface area contributed by atoms with E-state index in [1.165, 1.54) is 6.07 Å². The van der Waals surface area contributed by atoms with Crippen molar-refractivity contribution in [2.24, 2.45) is 5.92 Å². The summed E-state index contributed by atoms with van der Waals surface area (Å²) in [5, 5.41) is 2.80. The highest BCUT2D eigenvalue weighted by molar-refractivity contribution is 9.10. The molecular formula is C12H13BrFNO2. The Hall–Kier alpha value is -0.940. The van der Waals surface area contributed by atoms with Crippen molar-refractivity contribution in [3.63, 3.8) is 0 Å². The Morgan fingerprint density at radius 2 is 2.35 bits per heavy atom. The number of carbonyl (C=O) groups excluding carboxylic acids is 1. The molecule has 2 rings (SSSR count). The van der Waals surface area contributed by atoms with Gasteiger partial charge < -0.3 is 10.1 Å². The number of benzene rings is 1. The summed E-state index contributed by atoms with van der Waals surface area (Å²) in [6.07, 6.45) is 0.743. The van der Waals surface area contributed by atoms with Crippen molar-refractivity contribution in [1.29, 1.82) is 0 Å². The molecule has 1 amide bonds. The number of hydrogen-bond acceptors (Lipinski definition) is 2. The van der Waals surface area contributed by atoms with E-state index in [9.17, 15) is 9.18 Å². The van der Waals surface area contributed by atoms with E-state index >= 15 is 0 Å². The summed E-state index contributed by atoms with van der Waals surface area (Å²) in [5.74, 6) is -0.493. The number of aryl methyl sites for hydroxylation is 1. The molecule has 92 valence electrons. The predicted octanol–water partition coefficient (Wildman–Crippen LogP) is 2.87. The minimum atomic E-state index is -0.329. The maximum atomic E-state index is 13.2. The topological polar surface area (TPSA) is 38.3 Å². The second-order valence-corrected chi connectivity index (χ2v) is 4.99. The molecule has 1 saturated heterocycles. The molecule has 1 unspecified atom stereocenters. The van der Waals surface area contributed by atoms with Gasteiger partial charge in [-0.05, 0) is 47.0 Å². The monoisotopic (exact) mass is 301 g/mol. The van der Waals surface area contributed by atoms with E-state index in [2.05, 4.69) is 21.2 Å². The lowest BCUT2D eigenvalue weighted by atomic mass is 10.1. The van der Waals surface area contributed by atoms with Crippen LogP contribution in [0.3, 0.4) is 0 Å². The number of nitrogens with one attached hydrogen (secondary N) is 1. The Balaban J connectivity index is 2.12. The van der Waals surface area contributed by atoms with Gasteiger partial charge in [-0.2, -0.15) is 0 Å². The quantitative estimate of drug-likeness (QED) is 0.912. The van der Waals surface area contributed by atoms with E-state index in [1.807, 2.05) is 0 Å². The fourth-order valence-electron chi connectivity index (χ4n) is 1.76. The van der Waals surface area contributed by atoms with Crippen LogP contribution < -0.4 is 5.32 Å². The number of carbonyl (C=O) groups is 1. The Morgan fingerprint density at radius 1 is 1.59 bits per heavy atom. The summed E-state index contributed by atoms with van der Waals surface area (Å²) in [6.45, 7) is 2.85. The van der Waals surface area contributed by atoms with Crippen LogP contribution in [-0.4, -0.2) is 19.1 Å². The molecular weight excluding hydrogens is 289 g/mol. The maximum absolute atomic E-state index is 13.2. The molecule has 1 N–H and O–H groups in total. The average Bonchev–Trinajstić information content (AvgIpc) is 2.79. The van der Waals surface area contributed by atoms with E-state index in [0.717, 1.165) is 6.42 Å². The van der Waals surface area contributed by atoms with Gasteiger partial charge in [0.25, 0.3) is 0 Å². The van der Waals surface area contributed by atoms with Crippen LogP contribution in [0.25, 0.3) is 0 Å². The van der Waals surface area contributed by atoms with E-state index in [0.29, 0.717) is 28.9 Å². The fourth-order valence-corrected chi connectivity index (χ4v) is 2.10. The fraction of sp³-hybridized carbons (Fsp3) is 0.417. The first-order chi connectivity index (χ1) is 8.08. The first-order valence-corrected chi connectivity index (χ1v) is 6.21. The number of halogens is 2. The van der Waals surface area contributed by atoms with Crippen molar-refractivity contribution in [3.8, 4) is 0 Å². The van der Waals surface area contributed by atoms with E-state index in [-0.39, 0.29) is 17.6 Å². The molecule has 0 aliphatic carbocycles. The van der Waals surface area contributed by atoms with Crippen LogP contribution in [0.5, 0.6) is 0 Å². The van der Waals surface area contributed by atoms with Gasteiger partial charge in [-0.1, -0.05) is 0 Å². The molecule has 1 aromatic carbocycles. The normalized spacial score (nSPS) is 19.4. The Labute approximate surface area is 107 Å². The van der Waals surface area contributed by atoms with Crippen molar-refractivity contribution < 1.29 is 13.9 Å². The van der Waals surface area contributed by atoms with Crippen LogP contribution in [0.15, 0.2) is 16.6 Å². The van der Waals surface area contributed by atoms with Gasteiger partial charge >= 0.3 is 0 Å². The van der Waals surface area contributed by atoms with Crippen LogP contribution in [-0.2, 0) is 9.53 Å². The van der Waals surface area contributed by atoms with Crippen molar-refractivity contribution in [1.82, 2.24) is 0 Å². The number of amides is 1. The molecule has 1 aromatic rings. The van der Waals surface area contributed by atoms with Gasteiger partial charge in [0.05, 0.1) is 17.0 Å². The Bertz CT molecular complexity index is 444. The summed E-state index contributed by atoms with van der Waals surface area (Å²) < 4.78 is 18.7. The van der Waals surface area contributed by atoms with Gasteiger partial charge in [0.15, 0.2) is 0 Å². The molecule has 0 aromatic heterocycles. The lowest BCUT2D eigenvalue weighted by Gasteiger charge is -2.12. The predicted molar refractivity (Wildman–Crippen MR) is 66.4 cm³/mol. The smallest absolute Gasteiger partial charge is 0.229 e. The molecule has 17 heavy (non-hydrogen) atoms. The SMILES string of the molecule is Cc1cc(F)c(Br)cc1NC(=O)C1CCOC1. The zero-order valence-electron chi connectivity index (χ0n) is 9.43. The van der Waals surface area contributed by atoms with Crippen LogP contribution in [0.4, 0.5) is 10.1 Å². The molecule has 1 fully saturated rings. The molecule has 1 aliphatic rings.